The lowest BCUT2D eigenvalue weighted by molar-refractivity contribution is 0.230. The summed E-state index contributed by atoms with van der Waals surface area (Å²) in [6.07, 6.45) is 12.0. The standard InChI is InChI=1S/C13H25N/c1-11-9-13(7-8-14-11)10-12-5-3-2-4-6-12/h11-14H,2-10H2,1H3. The fourth-order valence-corrected chi connectivity index (χ4v) is 3.34. The maximum Gasteiger partial charge on any atom is 0.00413 e. The van der Waals surface area contributed by atoms with Gasteiger partial charge in [-0.15, -0.1) is 0 Å². The smallest absolute Gasteiger partial charge is 0.00413 e. The summed E-state index contributed by atoms with van der Waals surface area (Å²) in [5.41, 5.74) is 0. The summed E-state index contributed by atoms with van der Waals surface area (Å²) in [5.74, 6) is 2.12. The SMILES string of the molecule is CC1CC(CC2CCCCC2)CCN1. The van der Waals surface area contributed by atoms with Gasteiger partial charge in [0.05, 0.1) is 0 Å². The van der Waals surface area contributed by atoms with E-state index in [1.54, 1.807) is 0 Å². The number of piperidine rings is 1. The first kappa shape index (κ1) is 10.5. The van der Waals surface area contributed by atoms with E-state index in [4.69, 9.17) is 0 Å². The summed E-state index contributed by atoms with van der Waals surface area (Å²) in [6.45, 7) is 3.60. The maximum absolute atomic E-state index is 3.55. The van der Waals surface area contributed by atoms with E-state index in [9.17, 15) is 0 Å². The van der Waals surface area contributed by atoms with Crippen molar-refractivity contribution in [3.63, 3.8) is 0 Å². The average molecular weight is 195 g/mol. The van der Waals surface area contributed by atoms with E-state index in [0.29, 0.717) is 0 Å². The molecule has 1 saturated carbocycles. The van der Waals surface area contributed by atoms with Gasteiger partial charge in [0, 0.05) is 6.04 Å². The molecule has 0 bridgehead atoms. The first-order chi connectivity index (χ1) is 6.84. The number of hydrogen-bond donors (Lipinski definition) is 1. The van der Waals surface area contributed by atoms with Gasteiger partial charge < -0.3 is 5.32 Å². The largest absolute Gasteiger partial charge is 0.314 e. The lowest BCUT2D eigenvalue weighted by Gasteiger charge is -2.32. The molecule has 1 N–H and O–H groups in total. The molecule has 0 radical (unpaired) electrons. The summed E-state index contributed by atoms with van der Waals surface area (Å²) in [6, 6.07) is 0.775. The Morgan fingerprint density at radius 1 is 1.00 bits per heavy atom. The Labute approximate surface area is 88.7 Å². The minimum Gasteiger partial charge on any atom is -0.314 e. The van der Waals surface area contributed by atoms with Crippen molar-refractivity contribution in [1.82, 2.24) is 5.32 Å². The third-order valence-electron chi connectivity index (χ3n) is 4.12. The minimum atomic E-state index is 0.775. The summed E-state index contributed by atoms with van der Waals surface area (Å²) in [4.78, 5) is 0. The van der Waals surface area contributed by atoms with Gasteiger partial charge in [-0.25, -0.2) is 0 Å². The molecule has 0 aromatic heterocycles. The van der Waals surface area contributed by atoms with E-state index in [1.165, 1.54) is 57.9 Å². The van der Waals surface area contributed by atoms with Gasteiger partial charge in [0.25, 0.3) is 0 Å². The number of nitrogens with one attached hydrogen (secondary N) is 1. The lowest BCUT2D eigenvalue weighted by Crippen LogP contribution is -2.36. The molecule has 82 valence electrons. The minimum absolute atomic E-state index is 0.775. The van der Waals surface area contributed by atoms with Crippen molar-refractivity contribution in [2.24, 2.45) is 11.8 Å². The van der Waals surface area contributed by atoms with Crippen molar-refractivity contribution in [1.29, 1.82) is 0 Å². The molecule has 2 aliphatic rings. The first-order valence-corrected chi connectivity index (χ1v) is 6.58. The molecule has 0 aromatic rings. The van der Waals surface area contributed by atoms with Crippen molar-refractivity contribution in [3.05, 3.63) is 0 Å². The predicted molar refractivity (Wildman–Crippen MR) is 61.4 cm³/mol. The highest BCUT2D eigenvalue weighted by Crippen LogP contribution is 2.32. The van der Waals surface area contributed by atoms with Crippen LogP contribution in [0.25, 0.3) is 0 Å². The van der Waals surface area contributed by atoms with Gasteiger partial charge >= 0.3 is 0 Å². The molecule has 14 heavy (non-hydrogen) atoms. The van der Waals surface area contributed by atoms with Crippen molar-refractivity contribution >= 4 is 0 Å². The molecule has 1 nitrogen and oxygen atoms in total. The lowest BCUT2D eigenvalue weighted by atomic mass is 9.79. The molecule has 1 heteroatoms. The Bertz CT molecular complexity index is 161. The zero-order valence-electron chi connectivity index (χ0n) is 9.60. The van der Waals surface area contributed by atoms with Crippen LogP contribution in [0.2, 0.25) is 0 Å². The van der Waals surface area contributed by atoms with Crippen LogP contribution in [-0.2, 0) is 0 Å². The van der Waals surface area contributed by atoms with E-state index in [1.807, 2.05) is 0 Å². The molecule has 1 saturated heterocycles. The monoisotopic (exact) mass is 195 g/mol. The van der Waals surface area contributed by atoms with E-state index in [2.05, 4.69) is 12.2 Å². The molecule has 0 aromatic carbocycles. The molecule has 2 fully saturated rings. The molecule has 0 spiro atoms. The van der Waals surface area contributed by atoms with Crippen LogP contribution in [-0.4, -0.2) is 12.6 Å². The highest BCUT2D eigenvalue weighted by atomic mass is 14.9. The molecule has 1 heterocycles. The molecule has 2 rings (SSSR count). The topological polar surface area (TPSA) is 12.0 Å². The zero-order chi connectivity index (χ0) is 9.80. The Morgan fingerprint density at radius 3 is 2.50 bits per heavy atom. The summed E-state index contributed by atoms with van der Waals surface area (Å²) in [7, 11) is 0. The van der Waals surface area contributed by atoms with Crippen LogP contribution in [0.5, 0.6) is 0 Å². The molecule has 0 amide bonds. The van der Waals surface area contributed by atoms with Crippen molar-refractivity contribution in [2.45, 2.75) is 64.3 Å². The Hall–Kier alpha value is -0.0400. The van der Waals surface area contributed by atoms with Crippen LogP contribution in [0.15, 0.2) is 0 Å². The first-order valence-electron chi connectivity index (χ1n) is 6.58. The van der Waals surface area contributed by atoms with Crippen LogP contribution < -0.4 is 5.32 Å². The molecule has 1 aliphatic carbocycles. The number of rotatable bonds is 2. The zero-order valence-corrected chi connectivity index (χ0v) is 9.60. The van der Waals surface area contributed by atoms with Crippen molar-refractivity contribution in [2.75, 3.05) is 6.54 Å². The highest BCUT2D eigenvalue weighted by Gasteiger charge is 2.22. The van der Waals surface area contributed by atoms with Crippen molar-refractivity contribution < 1.29 is 0 Å². The Kier molecular flexibility index (Phi) is 3.86. The summed E-state index contributed by atoms with van der Waals surface area (Å²) >= 11 is 0. The van der Waals surface area contributed by atoms with Gasteiger partial charge in [-0.2, -0.15) is 0 Å². The Balaban J connectivity index is 1.72. The predicted octanol–water partition coefficient (Wildman–Crippen LogP) is 3.34. The molecule has 2 atom stereocenters. The molecular weight excluding hydrogens is 170 g/mol. The fraction of sp³-hybridized carbons (Fsp3) is 1.00. The van der Waals surface area contributed by atoms with E-state index >= 15 is 0 Å². The second-order valence-electron chi connectivity index (χ2n) is 5.49. The number of hydrogen-bond acceptors (Lipinski definition) is 1. The van der Waals surface area contributed by atoms with E-state index in [0.717, 1.165) is 17.9 Å². The van der Waals surface area contributed by atoms with Gasteiger partial charge in [0.15, 0.2) is 0 Å². The fourth-order valence-electron chi connectivity index (χ4n) is 3.34. The van der Waals surface area contributed by atoms with E-state index < -0.39 is 0 Å². The quantitative estimate of drug-likeness (QED) is 0.712. The summed E-state index contributed by atoms with van der Waals surface area (Å²) in [5, 5.41) is 3.55. The van der Waals surface area contributed by atoms with Crippen LogP contribution in [0, 0.1) is 11.8 Å². The van der Waals surface area contributed by atoms with Gasteiger partial charge in [-0.3, -0.25) is 0 Å². The van der Waals surface area contributed by atoms with Crippen molar-refractivity contribution in [3.8, 4) is 0 Å². The second kappa shape index (κ2) is 5.16. The molecule has 1 aliphatic heterocycles. The van der Waals surface area contributed by atoms with Crippen LogP contribution >= 0.6 is 0 Å². The van der Waals surface area contributed by atoms with Gasteiger partial charge in [-0.05, 0) is 44.6 Å². The van der Waals surface area contributed by atoms with Gasteiger partial charge in [-0.1, -0.05) is 32.1 Å². The Morgan fingerprint density at radius 2 is 1.79 bits per heavy atom. The maximum atomic E-state index is 3.55. The van der Waals surface area contributed by atoms with Crippen LogP contribution in [0.3, 0.4) is 0 Å². The second-order valence-corrected chi connectivity index (χ2v) is 5.49. The summed E-state index contributed by atoms with van der Waals surface area (Å²) < 4.78 is 0. The average Bonchev–Trinajstić information content (AvgIpc) is 2.19. The van der Waals surface area contributed by atoms with Crippen LogP contribution in [0.4, 0.5) is 0 Å². The van der Waals surface area contributed by atoms with Gasteiger partial charge in [0.1, 0.15) is 0 Å². The van der Waals surface area contributed by atoms with Crippen LogP contribution in [0.1, 0.15) is 58.3 Å². The third kappa shape index (κ3) is 2.98. The molecular formula is C13H25N. The third-order valence-corrected chi connectivity index (χ3v) is 4.12. The molecule has 2 unspecified atom stereocenters. The highest BCUT2D eigenvalue weighted by molar-refractivity contribution is 4.78. The normalized spacial score (nSPS) is 35.8. The van der Waals surface area contributed by atoms with E-state index in [-0.39, 0.29) is 0 Å². The van der Waals surface area contributed by atoms with Gasteiger partial charge in [0.2, 0.25) is 0 Å².